The molecule has 1 aromatic heterocycles. The Morgan fingerprint density at radius 2 is 1.98 bits per heavy atom. The summed E-state index contributed by atoms with van der Waals surface area (Å²) in [5.41, 5.74) is 1.98. The van der Waals surface area contributed by atoms with E-state index in [0.29, 0.717) is 68.2 Å². The Morgan fingerprint density at radius 1 is 1.20 bits per heavy atom. The van der Waals surface area contributed by atoms with Gasteiger partial charge in [0.15, 0.2) is 11.6 Å². The molecule has 4 heterocycles. The molecule has 0 saturated carbocycles. The number of benzene rings is 1. The lowest BCUT2D eigenvalue weighted by molar-refractivity contribution is 0.0226. The van der Waals surface area contributed by atoms with E-state index in [0.717, 1.165) is 0 Å². The predicted octanol–water partition coefficient (Wildman–Crippen LogP) is 1.70. The number of hydrogen-bond donors (Lipinski definition) is 1. The molecule has 14 heteroatoms. The number of aliphatic imine (C=N–C) groups is 1. The smallest absolute Gasteiger partial charge is 0.276 e. The van der Waals surface area contributed by atoms with Crippen molar-refractivity contribution in [3.05, 3.63) is 52.9 Å². The van der Waals surface area contributed by atoms with Gasteiger partial charge in [-0.25, -0.2) is 22.8 Å². The van der Waals surface area contributed by atoms with E-state index in [-0.39, 0.29) is 35.2 Å². The number of methoxy groups -OCH3 is 1. The van der Waals surface area contributed by atoms with Gasteiger partial charge in [-0.3, -0.25) is 9.79 Å². The Labute approximate surface area is 232 Å². The van der Waals surface area contributed by atoms with Gasteiger partial charge in [0.25, 0.3) is 15.9 Å². The van der Waals surface area contributed by atoms with Crippen LogP contribution < -0.4 is 10.1 Å². The summed E-state index contributed by atoms with van der Waals surface area (Å²) in [5.74, 6) is -0.236. The molecule has 0 spiro atoms. The monoisotopic (exact) mass is 573 g/mol. The van der Waals surface area contributed by atoms with Crippen molar-refractivity contribution in [1.82, 2.24) is 24.5 Å². The third-order valence-corrected chi connectivity index (χ3v) is 9.28. The molecule has 1 aromatic carbocycles. The Balaban J connectivity index is 1.18. The fourth-order valence-electron chi connectivity index (χ4n) is 5.11. The summed E-state index contributed by atoms with van der Waals surface area (Å²) in [6.07, 6.45) is 1.59. The Bertz CT molecular complexity index is 1460. The summed E-state index contributed by atoms with van der Waals surface area (Å²) in [5, 5.41) is 7.18. The number of rotatable bonds is 7. The minimum Gasteiger partial charge on any atom is -0.494 e. The fourth-order valence-corrected chi connectivity index (χ4v) is 6.78. The van der Waals surface area contributed by atoms with Gasteiger partial charge < -0.3 is 19.8 Å². The van der Waals surface area contributed by atoms with Crippen LogP contribution in [0.2, 0.25) is 0 Å². The Kier molecular flexibility index (Phi) is 7.99. The number of nitrogens with zero attached hydrogens (tertiary/aromatic N) is 6. The van der Waals surface area contributed by atoms with Crippen molar-refractivity contribution in [3.8, 4) is 5.75 Å². The van der Waals surface area contributed by atoms with Crippen LogP contribution in [0, 0.1) is 18.7 Å². The SMILES string of the molecule is COc1cc(CNC(=O)c2cc(C3=NOC(C4CCN(S(=O)(=O)C5=NCCN5C)CC4)C3)nc(C)n2)ccc1F. The molecule has 0 radical (unpaired) electrons. The van der Waals surface area contributed by atoms with Gasteiger partial charge in [-0.2, -0.15) is 4.31 Å². The molecule has 1 unspecified atom stereocenters. The maximum absolute atomic E-state index is 13.7. The number of oxime groups is 1. The summed E-state index contributed by atoms with van der Waals surface area (Å²) < 4.78 is 46.1. The molecule has 214 valence electrons. The van der Waals surface area contributed by atoms with Crippen molar-refractivity contribution >= 4 is 26.8 Å². The van der Waals surface area contributed by atoms with Crippen molar-refractivity contribution in [2.75, 3.05) is 40.3 Å². The second kappa shape index (κ2) is 11.5. The number of piperidine rings is 1. The molecule has 40 heavy (non-hydrogen) atoms. The highest BCUT2D eigenvalue weighted by atomic mass is 32.2. The molecule has 5 rings (SSSR count). The van der Waals surface area contributed by atoms with E-state index in [2.05, 4.69) is 25.4 Å². The van der Waals surface area contributed by atoms with E-state index in [1.165, 1.54) is 23.5 Å². The summed E-state index contributed by atoms with van der Waals surface area (Å²) >= 11 is 0. The van der Waals surface area contributed by atoms with Crippen LogP contribution in [-0.4, -0.2) is 90.8 Å². The number of carbonyl (C=O) groups is 1. The maximum atomic E-state index is 13.7. The van der Waals surface area contributed by atoms with Crippen molar-refractivity contribution in [3.63, 3.8) is 0 Å². The van der Waals surface area contributed by atoms with Gasteiger partial charge in [0, 0.05) is 45.6 Å². The number of carbonyl (C=O) groups excluding carboxylic acids is 1. The summed E-state index contributed by atoms with van der Waals surface area (Å²) in [6, 6.07) is 5.96. The van der Waals surface area contributed by atoms with E-state index in [1.807, 2.05) is 0 Å². The second-order valence-electron chi connectivity index (χ2n) is 10.1. The first-order valence-corrected chi connectivity index (χ1v) is 14.5. The first-order chi connectivity index (χ1) is 19.2. The van der Waals surface area contributed by atoms with Crippen molar-refractivity contribution in [2.45, 2.75) is 38.8 Å². The van der Waals surface area contributed by atoms with Crippen molar-refractivity contribution in [1.29, 1.82) is 0 Å². The molecule has 1 saturated heterocycles. The van der Waals surface area contributed by atoms with E-state index >= 15 is 0 Å². The number of ether oxygens (including phenoxy) is 1. The number of aryl methyl sites for hydroxylation is 1. The first kappa shape index (κ1) is 27.9. The molecule has 0 bridgehead atoms. The topological polar surface area (TPSA) is 139 Å². The van der Waals surface area contributed by atoms with Gasteiger partial charge >= 0.3 is 0 Å². The van der Waals surface area contributed by atoms with Gasteiger partial charge in [-0.15, -0.1) is 0 Å². The van der Waals surface area contributed by atoms with Crippen molar-refractivity contribution < 1.29 is 27.2 Å². The Hall–Kier alpha value is -3.65. The highest BCUT2D eigenvalue weighted by Crippen LogP contribution is 2.31. The Morgan fingerprint density at radius 3 is 2.67 bits per heavy atom. The summed E-state index contributed by atoms with van der Waals surface area (Å²) in [4.78, 5) is 33.2. The van der Waals surface area contributed by atoms with Crippen LogP contribution >= 0.6 is 0 Å². The maximum Gasteiger partial charge on any atom is 0.276 e. The molecule has 0 aliphatic carbocycles. The van der Waals surface area contributed by atoms with Gasteiger partial charge in [-0.1, -0.05) is 11.2 Å². The number of aromatic nitrogens is 2. The number of halogens is 1. The largest absolute Gasteiger partial charge is 0.494 e. The van der Waals surface area contributed by atoms with E-state index < -0.39 is 21.7 Å². The van der Waals surface area contributed by atoms with Crippen LogP contribution in [0.4, 0.5) is 4.39 Å². The van der Waals surface area contributed by atoms with Gasteiger partial charge in [-0.05, 0) is 43.5 Å². The minimum atomic E-state index is -3.60. The van der Waals surface area contributed by atoms with Crippen molar-refractivity contribution in [2.24, 2.45) is 16.1 Å². The molecule has 3 aliphatic rings. The number of nitrogens with one attached hydrogen (secondary N) is 1. The van der Waals surface area contributed by atoms with E-state index in [4.69, 9.17) is 9.57 Å². The van der Waals surface area contributed by atoms with E-state index in [1.54, 1.807) is 31.0 Å². The lowest BCUT2D eigenvalue weighted by Crippen LogP contribution is -2.46. The highest BCUT2D eigenvalue weighted by molar-refractivity contribution is 8.04. The number of amides is 1. The van der Waals surface area contributed by atoms with E-state index in [9.17, 15) is 17.6 Å². The quantitative estimate of drug-likeness (QED) is 0.528. The molecule has 1 amide bonds. The zero-order valence-electron chi connectivity index (χ0n) is 22.6. The molecule has 1 atom stereocenters. The number of likely N-dealkylation sites (N-methyl/N-ethyl adjacent to an activating group) is 1. The van der Waals surface area contributed by atoms with Crippen LogP contribution in [-0.2, 0) is 21.4 Å². The van der Waals surface area contributed by atoms with Crippen LogP contribution in [0.3, 0.4) is 0 Å². The van der Waals surface area contributed by atoms with Gasteiger partial charge in [0.1, 0.15) is 23.3 Å². The number of amidine groups is 1. The first-order valence-electron chi connectivity index (χ1n) is 13.1. The molecular formula is C26H32FN7O5S. The summed E-state index contributed by atoms with van der Waals surface area (Å²) in [7, 11) is -0.471. The molecular weight excluding hydrogens is 541 g/mol. The average Bonchev–Trinajstić information content (AvgIpc) is 3.62. The molecule has 12 nitrogen and oxygen atoms in total. The predicted molar refractivity (Wildman–Crippen MR) is 145 cm³/mol. The van der Waals surface area contributed by atoms with Crippen LogP contribution in [0.1, 0.15) is 46.8 Å². The van der Waals surface area contributed by atoms with Gasteiger partial charge in [0.05, 0.1) is 19.3 Å². The third-order valence-electron chi connectivity index (χ3n) is 7.33. The lowest BCUT2D eigenvalue weighted by Gasteiger charge is -2.33. The van der Waals surface area contributed by atoms with Crippen LogP contribution in [0.5, 0.6) is 5.75 Å². The second-order valence-corrected chi connectivity index (χ2v) is 11.9. The highest BCUT2D eigenvalue weighted by Gasteiger charge is 2.39. The number of sulfonamides is 1. The fraction of sp³-hybridized carbons (Fsp3) is 0.500. The van der Waals surface area contributed by atoms with Crippen LogP contribution in [0.25, 0.3) is 0 Å². The average molecular weight is 574 g/mol. The third kappa shape index (κ3) is 5.77. The normalized spacial score (nSPS) is 20.2. The van der Waals surface area contributed by atoms with Crippen LogP contribution in [0.15, 0.2) is 34.4 Å². The van der Waals surface area contributed by atoms with Gasteiger partial charge in [0.2, 0.25) is 5.17 Å². The number of hydrogen-bond acceptors (Lipinski definition) is 10. The molecule has 3 aliphatic heterocycles. The lowest BCUT2D eigenvalue weighted by atomic mass is 9.89. The minimum absolute atomic E-state index is 0.101. The zero-order chi connectivity index (χ0) is 28.4. The molecule has 1 N–H and O–H groups in total. The zero-order valence-corrected chi connectivity index (χ0v) is 23.4. The molecule has 1 fully saturated rings. The standard InChI is InChI=1S/C26H32FN7O5S/c1-16-30-20(13-22(31-16)25(35)29-15-17-4-5-19(27)24(12-17)38-3)21-14-23(39-32-21)18-6-9-34(10-7-18)40(36,37)26-28-8-11-33(26)2/h4-5,12-13,18,23H,6-11,14-15H2,1-3H3,(H,29,35). The summed E-state index contributed by atoms with van der Waals surface area (Å²) in [6.45, 7) is 3.75. The molecule has 2 aromatic rings.